The fraction of sp³-hybridized carbons (Fsp3) is 0.290. The molecular formula is C31H31F3N2O7. The van der Waals surface area contributed by atoms with E-state index in [1.807, 2.05) is 60.8 Å². The first-order chi connectivity index (χ1) is 20.5. The second-order valence-electron chi connectivity index (χ2n) is 10.1. The van der Waals surface area contributed by atoms with Crippen LogP contribution in [0, 0.1) is 0 Å². The number of rotatable bonds is 8. The smallest absolute Gasteiger partial charge is 0.416 e. The van der Waals surface area contributed by atoms with Crippen molar-refractivity contribution in [3.63, 3.8) is 0 Å². The molecule has 0 spiro atoms. The van der Waals surface area contributed by atoms with Crippen LogP contribution in [0.5, 0.6) is 11.5 Å². The molecule has 12 heteroatoms. The zero-order valence-corrected chi connectivity index (χ0v) is 23.0. The van der Waals surface area contributed by atoms with E-state index in [4.69, 9.17) is 29.3 Å². The molecule has 1 saturated heterocycles. The molecule has 5 rings (SSSR count). The summed E-state index contributed by atoms with van der Waals surface area (Å²) < 4.78 is 51.3. The fourth-order valence-electron chi connectivity index (χ4n) is 4.95. The number of likely N-dealkylation sites (tertiary alicyclic amines) is 1. The third-order valence-electron chi connectivity index (χ3n) is 7.10. The van der Waals surface area contributed by atoms with E-state index < -0.39 is 35.4 Å². The number of fused-ring (bicyclic) bond motifs is 1. The molecule has 0 aliphatic carbocycles. The van der Waals surface area contributed by atoms with Crippen molar-refractivity contribution in [2.75, 3.05) is 26.2 Å². The first-order valence-corrected chi connectivity index (χ1v) is 13.4. The number of β-amino-alcohol motifs (C(OH)–C–C–N with tert-alkyl or cyclic N) is 1. The third kappa shape index (κ3) is 8.27. The van der Waals surface area contributed by atoms with Crippen LogP contribution in [0.1, 0.15) is 24.0 Å². The molecular weight excluding hydrogens is 569 g/mol. The van der Waals surface area contributed by atoms with E-state index in [9.17, 15) is 18.3 Å². The number of aliphatic carboxylic acids is 2. The van der Waals surface area contributed by atoms with Crippen LogP contribution < -0.4 is 9.47 Å². The van der Waals surface area contributed by atoms with E-state index in [-0.39, 0.29) is 6.61 Å². The number of H-pyrrole nitrogens is 1. The molecule has 9 nitrogen and oxygen atoms in total. The van der Waals surface area contributed by atoms with Crippen LogP contribution in [0.3, 0.4) is 0 Å². The number of aliphatic hydroxyl groups is 1. The Morgan fingerprint density at radius 3 is 2.16 bits per heavy atom. The zero-order valence-electron chi connectivity index (χ0n) is 23.0. The highest BCUT2D eigenvalue weighted by Crippen LogP contribution is 2.39. The van der Waals surface area contributed by atoms with E-state index in [1.165, 1.54) is 12.1 Å². The molecule has 1 aliphatic heterocycles. The summed E-state index contributed by atoms with van der Waals surface area (Å²) in [4.78, 5) is 23.5. The van der Waals surface area contributed by atoms with Gasteiger partial charge in [-0.1, -0.05) is 36.4 Å². The topological polar surface area (TPSA) is 132 Å². The van der Waals surface area contributed by atoms with Gasteiger partial charge < -0.3 is 34.7 Å². The second-order valence-corrected chi connectivity index (χ2v) is 10.1. The lowest BCUT2D eigenvalue weighted by Crippen LogP contribution is -2.48. The molecule has 4 N–H and O–H groups in total. The average molecular weight is 601 g/mol. The van der Waals surface area contributed by atoms with Gasteiger partial charge in [0.25, 0.3) is 0 Å². The first-order valence-electron chi connectivity index (χ1n) is 13.4. The van der Waals surface area contributed by atoms with E-state index >= 15 is 0 Å². The van der Waals surface area contributed by atoms with Crippen molar-refractivity contribution in [3.05, 3.63) is 96.2 Å². The van der Waals surface area contributed by atoms with Crippen LogP contribution in [0.2, 0.25) is 0 Å². The lowest BCUT2D eigenvalue weighted by Gasteiger charge is -2.42. The molecule has 0 unspecified atom stereocenters. The predicted molar refractivity (Wildman–Crippen MR) is 151 cm³/mol. The second kappa shape index (κ2) is 13.6. The van der Waals surface area contributed by atoms with Crippen LogP contribution in [0.15, 0.2) is 85.1 Å². The normalized spacial score (nSPS) is 15.6. The number of benzene rings is 3. The number of halogens is 3. The average Bonchev–Trinajstić information content (AvgIpc) is 3.47. The maximum Gasteiger partial charge on any atom is 0.416 e. The number of piperidine rings is 1. The number of aromatic nitrogens is 1. The fourth-order valence-corrected chi connectivity index (χ4v) is 4.95. The van der Waals surface area contributed by atoms with E-state index in [2.05, 4.69) is 9.88 Å². The van der Waals surface area contributed by atoms with Crippen molar-refractivity contribution >= 4 is 22.8 Å². The minimum absolute atomic E-state index is 0.173. The number of ether oxygens (including phenoxy) is 2. The van der Waals surface area contributed by atoms with Gasteiger partial charge in [-0.25, -0.2) is 9.59 Å². The van der Waals surface area contributed by atoms with Gasteiger partial charge in [0, 0.05) is 49.6 Å². The molecule has 2 heterocycles. The molecule has 0 bridgehead atoms. The van der Waals surface area contributed by atoms with Crippen molar-refractivity contribution < 1.29 is 47.6 Å². The van der Waals surface area contributed by atoms with Crippen LogP contribution in [-0.4, -0.2) is 69.5 Å². The van der Waals surface area contributed by atoms with Crippen molar-refractivity contribution in [1.82, 2.24) is 9.88 Å². The number of hydrogen-bond donors (Lipinski definition) is 4. The van der Waals surface area contributed by atoms with Crippen molar-refractivity contribution in [1.29, 1.82) is 0 Å². The summed E-state index contributed by atoms with van der Waals surface area (Å²) in [5, 5.41) is 26.4. The van der Waals surface area contributed by atoms with Gasteiger partial charge in [0.15, 0.2) is 0 Å². The lowest BCUT2D eigenvalue weighted by atomic mass is 9.84. The van der Waals surface area contributed by atoms with Crippen molar-refractivity contribution in [3.8, 4) is 11.5 Å². The van der Waals surface area contributed by atoms with Gasteiger partial charge in [-0.05, 0) is 48.0 Å². The molecule has 0 saturated carbocycles. The first kappa shape index (κ1) is 31.4. The maximum atomic E-state index is 13.0. The minimum Gasteiger partial charge on any atom is -0.490 e. The van der Waals surface area contributed by atoms with Gasteiger partial charge in [-0.2, -0.15) is 13.2 Å². The minimum atomic E-state index is -4.39. The quantitative estimate of drug-likeness (QED) is 0.204. The monoisotopic (exact) mass is 600 g/mol. The number of aliphatic hydroxyl groups excluding tert-OH is 1. The summed E-state index contributed by atoms with van der Waals surface area (Å²) in [5.74, 6) is -2.52. The Labute approximate surface area is 245 Å². The molecule has 3 aromatic carbocycles. The molecule has 228 valence electrons. The molecule has 0 amide bonds. The number of alkyl halides is 3. The Morgan fingerprint density at radius 1 is 0.907 bits per heavy atom. The number of hydrogen-bond acceptors (Lipinski definition) is 6. The summed E-state index contributed by atoms with van der Waals surface area (Å²) in [5.41, 5.74) is 0.599. The van der Waals surface area contributed by atoms with Crippen LogP contribution in [-0.2, 0) is 21.4 Å². The van der Waals surface area contributed by atoms with E-state index in [0.717, 1.165) is 34.3 Å². The lowest BCUT2D eigenvalue weighted by molar-refractivity contribution is -0.159. The maximum absolute atomic E-state index is 13.0. The molecule has 0 radical (unpaired) electrons. The van der Waals surface area contributed by atoms with Gasteiger partial charge >= 0.3 is 18.1 Å². The van der Waals surface area contributed by atoms with Gasteiger partial charge in [0.05, 0.1) is 5.56 Å². The van der Waals surface area contributed by atoms with Crippen molar-refractivity contribution in [2.45, 2.75) is 30.7 Å². The van der Waals surface area contributed by atoms with E-state index in [0.29, 0.717) is 38.2 Å². The van der Waals surface area contributed by atoms with Crippen LogP contribution in [0.25, 0.3) is 10.9 Å². The van der Waals surface area contributed by atoms with Gasteiger partial charge in [-0.3, -0.25) is 0 Å². The van der Waals surface area contributed by atoms with Crippen LogP contribution in [0.4, 0.5) is 13.2 Å². The summed E-state index contributed by atoms with van der Waals surface area (Å²) in [6.07, 6.45) is -1.94. The Kier molecular flexibility index (Phi) is 9.94. The molecule has 1 aliphatic rings. The van der Waals surface area contributed by atoms with E-state index in [1.54, 1.807) is 0 Å². The summed E-state index contributed by atoms with van der Waals surface area (Å²) in [6, 6.07) is 22.3. The van der Waals surface area contributed by atoms with Gasteiger partial charge in [-0.15, -0.1) is 0 Å². The molecule has 43 heavy (non-hydrogen) atoms. The number of nitrogens with zero attached hydrogens (tertiary/aromatic N) is 1. The van der Waals surface area contributed by atoms with Crippen LogP contribution >= 0.6 is 0 Å². The number of nitrogens with one attached hydrogen (secondary N) is 1. The van der Waals surface area contributed by atoms with Gasteiger partial charge in [0.2, 0.25) is 0 Å². The van der Waals surface area contributed by atoms with Crippen molar-refractivity contribution in [2.24, 2.45) is 0 Å². The largest absolute Gasteiger partial charge is 0.490 e. The summed E-state index contributed by atoms with van der Waals surface area (Å²) >= 11 is 0. The third-order valence-corrected chi connectivity index (χ3v) is 7.10. The zero-order chi connectivity index (χ0) is 31.0. The summed E-state index contributed by atoms with van der Waals surface area (Å²) in [6.45, 7) is 1.96. The number of carboxylic acids is 2. The standard InChI is InChI=1S/C29H29F3N2O3.C2H2O4/c30-29(31,32)22-9-11-24(12-10-22)37-28(21-5-2-1-3-6-21)14-17-34(18-15-28)19-23(35)20-36-27-8-4-7-26-25(27)13-16-33-26;3-1(4)2(5)6/h1-13,16,23,33,35H,14-15,17-20H2;(H,3,4)(H,5,6)/t23-;/m0./s1. The highest BCUT2D eigenvalue weighted by molar-refractivity contribution is 6.27. The molecule has 4 aromatic rings. The van der Waals surface area contributed by atoms with Gasteiger partial charge in [0.1, 0.15) is 29.8 Å². The Bertz CT molecular complexity index is 1490. The molecule has 1 fully saturated rings. The Hall–Kier alpha value is -4.55. The number of carboxylic acid groups (broad SMARTS) is 2. The molecule has 1 aromatic heterocycles. The summed E-state index contributed by atoms with van der Waals surface area (Å²) in [7, 11) is 0. The Morgan fingerprint density at radius 2 is 1.56 bits per heavy atom. The highest BCUT2D eigenvalue weighted by atomic mass is 19.4. The number of aromatic amines is 1. The highest BCUT2D eigenvalue weighted by Gasteiger charge is 2.39. The predicted octanol–water partition coefficient (Wildman–Crippen LogP) is 5.15. The number of carbonyl (C=O) groups is 2. The Balaban J connectivity index is 0.000000641. The molecule has 1 atom stereocenters. The SMILES string of the molecule is O=C(O)C(=O)O.O[C@H](COc1cccc2[nH]ccc12)CN1CCC(Oc2ccc(C(F)(F)F)cc2)(c2ccccc2)CC1.